The van der Waals surface area contributed by atoms with Crippen LogP contribution in [0, 0.1) is 0 Å². The number of rotatable bonds is 3. The van der Waals surface area contributed by atoms with E-state index in [1.165, 1.54) is 0 Å². The number of benzene rings is 1. The van der Waals surface area contributed by atoms with Gasteiger partial charge in [0.05, 0.1) is 0 Å². The topological polar surface area (TPSA) is 40.6 Å². The zero-order valence-corrected chi connectivity index (χ0v) is 10.2. The van der Waals surface area contributed by atoms with Gasteiger partial charge in [0.2, 0.25) is 12.7 Å². The van der Waals surface area contributed by atoms with Gasteiger partial charge in [-0.25, -0.2) is 4.98 Å². The van der Waals surface area contributed by atoms with Gasteiger partial charge in [0.25, 0.3) is 0 Å². The van der Waals surface area contributed by atoms with Crippen molar-refractivity contribution in [3.05, 3.63) is 47.1 Å². The molecule has 0 atom stereocenters. The molecule has 0 unspecified atom stereocenters. The molecular formula is C13H10ClNO3. The molecular weight excluding hydrogens is 254 g/mol. The third-order valence-corrected chi connectivity index (χ3v) is 2.72. The Balaban J connectivity index is 1.70. The van der Waals surface area contributed by atoms with Crippen LogP contribution in [0.2, 0.25) is 5.15 Å². The number of hydrogen-bond acceptors (Lipinski definition) is 4. The molecule has 1 aromatic heterocycles. The van der Waals surface area contributed by atoms with E-state index in [1.54, 1.807) is 18.2 Å². The fourth-order valence-corrected chi connectivity index (χ4v) is 1.81. The Labute approximate surface area is 109 Å². The van der Waals surface area contributed by atoms with E-state index in [9.17, 15) is 0 Å². The van der Waals surface area contributed by atoms with Crippen LogP contribution in [0.5, 0.6) is 17.4 Å². The number of ether oxygens (including phenoxy) is 3. The van der Waals surface area contributed by atoms with E-state index in [0.717, 1.165) is 17.1 Å². The normalized spacial score (nSPS) is 12.5. The molecule has 0 fully saturated rings. The predicted molar refractivity (Wildman–Crippen MR) is 66.1 cm³/mol. The lowest BCUT2D eigenvalue weighted by Crippen LogP contribution is -1.97. The van der Waals surface area contributed by atoms with Crippen molar-refractivity contribution in [2.45, 2.75) is 6.61 Å². The molecule has 92 valence electrons. The molecule has 0 amide bonds. The SMILES string of the molecule is Clc1cccc(OCc2ccc3c(c2)OCO3)n1. The summed E-state index contributed by atoms with van der Waals surface area (Å²) in [6.07, 6.45) is 0. The lowest BCUT2D eigenvalue weighted by Gasteiger charge is -2.06. The van der Waals surface area contributed by atoms with Crippen LogP contribution in [0.15, 0.2) is 36.4 Å². The molecule has 18 heavy (non-hydrogen) atoms. The van der Waals surface area contributed by atoms with Crippen LogP contribution < -0.4 is 14.2 Å². The molecule has 0 radical (unpaired) electrons. The molecule has 1 aromatic carbocycles. The van der Waals surface area contributed by atoms with Crippen molar-refractivity contribution in [1.29, 1.82) is 0 Å². The molecule has 2 aromatic rings. The van der Waals surface area contributed by atoms with Crippen molar-refractivity contribution in [2.24, 2.45) is 0 Å². The minimum Gasteiger partial charge on any atom is -0.473 e. The summed E-state index contributed by atoms with van der Waals surface area (Å²) >= 11 is 5.78. The number of pyridine rings is 1. The Morgan fingerprint density at radius 2 is 2.06 bits per heavy atom. The fraction of sp³-hybridized carbons (Fsp3) is 0.154. The molecule has 0 N–H and O–H groups in total. The van der Waals surface area contributed by atoms with Gasteiger partial charge < -0.3 is 14.2 Å². The number of halogens is 1. The van der Waals surface area contributed by atoms with Gasteiger partial charge in [-0.3, -0.25) is 0 Å². The lowest BCUT2D eigenvalue weighted by molar-refractivity contribution is 0.174. The summed E-state index contributed by atoms with van der Waals surface area (Å²) in [5.74, 6) is 2.01. The summed E-state index contributed by atoms with van der Waals surface area (Å²) < 4.78 is 16.1. The second-order valence-electron chi connectivity index (χ2n) is 3.77. The van der Waals surface area contributed by atoms with Gasteiger partial charge in [0, 0.05) is 6.07 Å². The minimum atomic E-state index is 0.273. The lowest BCUT2D eigenvalue weighted by atomic mass is 10.2. The van der Waals surface area contributed by atoms with Crippen molar-refractivity contribution in [3.63, 3.8) is 0 Å². The summed E-state index contributed by atoms with van der Waals surface area (Å²) in [5.41, 5.74) is 0.987. The second-order valence-corrected chi connectivity index (χ2v) is 4.16. The highest BCUT2D eigenvalue weighted by atomic mass is 35.5. The first kappa shape index (κ1) is 11.2. The average Bonchev–Trinajstić information content (AvgIpc) is 2.84. The fourth-order valence-electron chi connectivity index (χ4n) is 1.66. The second kappa shape index (κ2) is 4.74. The summed E-state index contributed by atoms with van der Waals surface area (Å²) in [4.78, 5) is 4.05. The highest BCUT2D eigenvalue weighted by Gasteiger charge is 2.13. The maximum atomic E-state index is 5.78. The number of fused-ring (bicyclic) bond motifs is 1. The molecule has 0 bridgehead atoms. The molecule has 1 aliphatic rings. The van der Waals surface area contributed by atoms with Gasteiger partial charge >= 0.3 is 0 Å². The number of hydrogen-bond donors (Lipinski definition) is 0. The van der Waals surface area contributed by atoms with Crippen LogP contribution in [0.1, 0.15) is 5.56 Å². The molecule has 1 aliphatic heterocycles. The third-order valence-electron chi connectivity index (χ3n) is 2.51. The molecule has 2 heterocycles. The maximum Gasteiger partial charge on any atom is 0.231 e. The summed E-state index contributed by atoms with van der Waals surface area (Å²) in [6, 6.07) is 11.0. The molecule has 0 aliphatic carbocycles. The van der Waals surface area contributed by atoms with Crippen molar-refractivity contribution in [3.8, 4) is 17.4 Å². The number of aromatic nitrogens is 1. The van der Waals surface area contributed by atoms with E-state index < -0.39 is 0 Å². The molecule has 3 rings (SSSR count). The Morgan fingerprint density at radius 3 is 2.94 bits per heavy atom. The maximum absolute atomic E-state index is 5.78. The van der Waals surface area contributed by atoms with E-state index in [0.29, 0.717) is 17.6 Å². The Morgan fingerprint density at radius 1 is 1.17 bits per heavy atom. The molecule has 0 saturated heterocycles. The largest absolute Gasteiger partial charge is 0.473 e. The van der Waals surface area contributed by atoms with Crippen molar-refractivity contribution in [2.75, 3.05) is 6.79 Å². The zero-order valence-electron chi connectivity index (χ0n) is 9.43. The Kier molecular flexibility index (Phi) is 2.94. The van der Waals surface area contributed by atoms with Gasteiger partial charge in [-0.2, -0.15) is 0 Å². The smallest absolute Gasteiger partial charge is 0.231 e. The van der Waals surface area contributed by atoms with E-state index in [4.69, 9.17) is 25.8 Å². The number of nitrogens with zero attached hydrogens (tertiary/aromatic N) is 1. The van der Waals surface area contributed by atoms with Crippen LogP contribution >= 0.6 is 11.6 Å². The average molecular weight is 264 g/mol. The first-order chi connectivity index (χ1) is 8.81. The van der Waals surface area contributed by atoms with E-state index in [2.05, 4.69) is 4.98 Å². The molecule has 0 spiro atoms. The van der Waals surface area contributed by atoms with Gasteiger partial charge in [-0.15, -0.1) is 0 Å². The first-order valence-corrected chi connectivity index (χ1v) is 5.83. The predicted octanol–water partition coefficient (Wildman–Crippen LogP) is 3.04. The van der Waals surface area contributed by atoms with Crippen molar-refractivity contribution >= 4 is 11.6 Å². The first-order valence-electron chi connectivity index (χ1n) is 5.45. The van der Waals surface area contributed by atoms with Crippen LogP contribution in [-0.4, -0.2) is 11.8 Å². The van der Waals surface area contributed by atoms with Gasteiger partial charge in [0.15, 0.2) is 11.5 Å². The highest BCUT2D eigenvalue weighted by Crippen LogP contribution is 2.32. The molecule has 5 heteroatoms. The van der Waals surface area contributed by atoms with Crippen molar-refractivity contribution in [1.82, 2.24) is 4.98 Å². The highest BCUT2D eigenvalue weighted by molar-refractivity contribution is 6.29. The molecule has 0 saturated carbocycles. The standard InChI is InChI=1S/C13H10ClNO3/c14-12-2-1-3-13(15-12)16-7-9-4-5-10-11(6-9)18-8-17-10/h1-6H,7-8H2. The van der Waals surface area contributed by atoms with E-state index in [-0.39, 0.29) is 6.79 Å². The summed E-state index contributed by atoms with van der Waals surface area (Å²) in [6.45, 7) is 0.680. The minimum absolute atomic E-state index is 0.273. The van der Waals surface area contributed by atoms with Crippen LogP contribution in [0.3, 0.4) is 0 Å². The quantitative estimate of drug-likeness (QED) is 0.798. The Hall–Kier alpha value is -1.94. The monoisotopic (exact) mass is 263 g/mol. The van der Waals surface area contributed by atoms with Crippen LogP contribution in [0.25, 0.3) is 0 Å². The summed E-state index contributed by atoms with van der Waals surface area (Å²) in [7, 11) is 0. The van der Waals surface area contributed by atoms with Crippen molar-refractivity contribution < 1.29 is 14.2 Å². The van der Waals surface area contributed by atoms with Gasteiger partial charge in [-0.05, 0) is 23.8 Å². The Bertz CT molecular complexity index is 574. The third kappa shape index (κ3) is 2.33. The summed E-state index contributed by atoms with van der Waals surface area (Å²) in [5, 5.41) is 0.415. The van der Waals surface area contributed by atoms with Gasteiger partial charge in [-0.1, -0.05) is 23.7 Å². The zero-order chi connectivity index (χ0) is 12.4. The molecule has 4 nitrogen and oxygen atoms in total. The van der Waals surface area contributed by atoms with Crippen LogP contribution in [-0.2, 0) is 6.61 Å². The van der Waals surface area contributed by atoms with Gasteiger partial charge in [0.1, 0.15) is 11.8 Å². The van der Waals surface area contributed by atoms with E-state index >= 15 is 0 Å². The van der Waals surface area contributed by atoms with E-state index in [1.807, 2.05) is 18.2 Å². The van der Waals surface area contributed by atoms with Crippen LogP contribution in [0.4, 0.5) is 0 Å².